The molecule has 2 heterocycles. The molecule has 1 aliphatic rings. The maximum absolute atomic E-state index is 12.1. The zero-order valence-corrected chi connectivity index (χ0v) is 10.6. The van der Waals surface area contributed by atoms with Gasteiger partial charge in [0.1, 0.15) is 11.6 Å². The summed E-state index contributed by atoms with van der Waals surface area (Å²) in [5, 5.41) is 0. The van der Waals surface area contributed by atoms with E-state index >= 15 is 0 Å². The minimum atomic E-state index is -0.0893. The second kappa shape index (κ2) is 5.82. The topological polar surface area (TPSA) is 53.5 Å². The van der Waals surface area contributed by atoms with Gasteiger partial charge in [0.2, 0.25) is 5.91 Å². The van der Waals surface area contributed by atoms with E-state index in [9.17, 15) is 9.59 Å². The summed E-state index contributed by atoms with van der Waals surface area (Å²) in [4.78, 5) is 30.9. The van der Waals surface area contributed by atoms with E-state index in [1.165, 1.54) is 0 Å². The number of carbonyl (C=O) groups is 2. The monoisotopic (exact) mass is 267 g/mol. The largest absolute Gasteiger partial charge is 0.338 e. The van der Waals surface area contributed by atoms with Gasteiger partial charge in [-0.25, -0.2) is 0 Å². The third kappa shape index (κ3) is 2.79. The Balaban J connectivity index is 1.94. The van der Waals surface area contributed by atoms with Gasteiger partial charge in [-0.2, -0.15) is 0 Å². The van der Waals surface area contributed by atoms with Crippen LogP contribution in [-0.4, -0.2) is 58.7 Å². The van der Waals surface area contributed by atoms with Crippen LogP contribution in [0.25, 0.3) is 0 Å². The number of hydrogen-bond acceptors (Lipinski definition) is 3. The van der Waals surface area contributed by atoms with Gasteiger partial charge < -0.3 is 9.80 Å². The Labute approximate surface area is 110 Å². The normalized spacial score (nSPS) is 15.6. The number of rotatable bonds is 2. The van der Waals surface area contributed by atoms with Crippen LogP contribution in [0.2, 0.25) is 0 Å². The Kier molecular flexibility index (Phi) is 4.15. The van der Waals surface area contributed by atoms with E-state index in [4.69, 9.17) is 11.6 Å². The highest BCUT2D eigenvalue weighted by molar-refractivity contribution is 6.27. The Morgan fingerprint density at radius 2 is 1.83 bits per heavy atom. The Morgan fingerprint density at radius 3 is 2.39 bits per heavy atom. The van der Waals surface area contributed by atoms with E-state index in [2.05, 4.69) is 4.98 Å². The minimum absolute atomic E-state index is 0.00577. The van der Waals surface area contributed by atoms with Crippen LogP contribution in [0.5, 0.6) is 0 Å². The molecule has 0 unspecified atom stereocenters. The van der Waals surface area contributed by atoms with Crippen LogP contribution in [0.15, 0.2) is 24.4 Å². The van der Waals surface area contributed by atoms with Gasteiger partial charge in [-0.15, -0.1) is 11.6 Å². The lowest BCUT2D eigenvalue weighted by atomic mass is 10.2. The highest BCUT2D eigenvalue weighted by atomic mass is 35.5. The minimum Gasteiger partial charge on any atom is -0.338 e. The second-order valence-electron chi connectivity index (χ2n) is 4.02. The molecule has 1 aromatic rings. The van der Waals surface area contributed by atoms with Gasteiger partial charge in [0.05, 0.1) is 0 Å². The molecule has 18 heavy (non-hydrogen) atoms. The van der Waals surface area contributed by atoms with Gasteiger partial charge in [0.15, 0.2) is 0 Å². The van der Waals surface area contributed by atoms with Gasteiger partial charge in [-0.1, -0.05) is 6.07 Å². The molecular weight excluding hydrogens is 254 g/mol. The summed E-state index contributed by atoms with van der Waals surface area (Å²) in [6.45, 7) is 2.12. The number of alkyl halides is 1. The van der Waals surface area contributed by atoms with Crippen molar-refractivity contribution in [3.8, 4) is 0 Å². The SMILES string of the molecule is O=C(CCl)N1CCN(C(=O)c2ccccn2)CC1. The van der Waals surface area contributed by atoms with Gasteiger partial charge in [-0.3, -0.25) is 14.6 Å². The fourth-order valence-corrected chi connectivity index (χ4v) is 2.06. The average molecular weight is 268 g/mol. The molecule has 2 amide bonds. The third-order valence-electron chi connectivity index (χ3n) is 2.92. The third-order valence-corrected chi connectivity index (χ3v) is 3.15. The van der Waals surface area contributed by atoms with Crippen LogP contribution >= 0.6 is 11.6 Å². The zero-order chi connectivity index (χ0) is 13.0. The van der Waals surface area contributed by atoms with Crippen molar-refractivity contribution < 1.29 is 9.59 Å². The summed E-state index contributed by atoms with van der Waals surface area (Å²) in [6, 6.07) is 5.25. The van der Waals surface area contributed by atoms with Gasteiger partial charge in [0.25, 0.3) is 5.91 Å². The molecule has 0 bridgehead atoms. The summed E-state index contributed by atoms with van der Waals surface area (Å²) in [7, 11) is 0. The molecule has 0 atom stereocenters. The van der Waals surface area contributed by atoms with Crippen molar-refractivity contribution in [2.45, 2.75) is 0 Å². The maximum Gasteiger partial charge on any atom is 0.272 e. The number of hydrogen-bond donors (Lipinski definition) is 0. The number of pyridine rings is 1. The first-order valence-electron chi connectivity index (χ1n) is 5.76. The molecule has 1 aliphatic heterocycles. The smallest absolute Gasteiger partial charge is 0.272 e. The second-order valence-corrected chi connectivity index (χ2v) is 4.29. The van der Waals surface area contributed by atoms with E-state index in [1.54, 1.807) is 34.2 Å². The molecule has 96 valence electrons. The molecule has 0 spiro atoms. The van der Waals surface area contributed by atoms with Crippen molar-refractivity contribution in [2.24, 2.45) is 0 Å². The molecular formula is C12H14ClN3O2. The quantitative estimate of drug-likeness (QED) is 0.738. The van der Waals surface area contributed by atoms with E-state index in [-0.39, 0.29) is 17.7 Å². The number of aromatic nitrogens is 1. The molecule has 1 aromatic heterocycles. The van der Waals surface area contributed by atoms with E-state index in [1.807, 2.05) is 0 Å². The van der Waals surface area contributed by atoms with Crippen molar-refractivity contribution in [3.63, 3.8) is 0 Å². The van der Waals surface area contributed by atoms with Crippen LogP contribution < -0.4 is 0 Å². The van der Waals surface area contributed by atoms with Crippen LogP contribution in [0.1, 0.15) is 10.5 Å². The zero-order valence-electron chi connectivity index (χ0n) is 9.88. The van der Waals surface area contributed by atoms with Gasteiger partial charge in [0, 0.05) is 32.4 Å². The van der Waals surface area contributed by atoms with E-state index in [0.29, 0.717) is 31.9 Å². The number of piperazine rings is 1. The van der Waals surface area contributed by atoms with Crippen LogP contribution in [0.3, 0.4) is 0 Å². The fourth-order valence-electron chi connectivity index (χ4n) is 1.89. The molecule has 0 N–H and O–H groups in total. The summed E-state index contributed by atoms with van der Waals surface area (Å²) < 4.78 is 0. The molecule has 5 nitrogen and oxygen atoms in total. The Hall–Kier alpha value is -1.62. The number of nitrogens with zero attached hydrogens (tertiary/aromatic N) is 3. The first kappa shape index (κ1) is 12.8. The molecule has 1 fully saturated rings. The van der Waals surface area contributed by atoms with Crippen molar-refractivity contribution in [1.29, 1.82) is 0 Å². The molecule has 0 aliphatic carbocycles. The van der Waals surface area contributed by atoms with Gasteiger partial charge >= 0.3 is 0 Å². The van der Waals surface area contributed by atoms with Crippen molar-refractivity contribution in [3.05, 3.63) is 30.1 Å². The lowest BCUT2D eigenvalue weighted by Gasteiger charge is -2.34. The Bertz CT molecular complexity index is 430. The van der Waals surface area contributed by atoms with Crippen molar-refractivity contribution in [2.75, 3.05) is 32.1 Å². The molecule has 2 rings (SSSR count). The predicted molar refractivity (Wildman–Crippen MR) is 67.4 cm³/mol. The van der Waals surface area contributed by atoms with Crippen LogP contribution in [-0.2, 0) is 4.79 Å². The molecule has 0 aromatic carbocycles. The predicted octanol–water partition coefficient (Wildman–Crippen LogP) is 0.605. The highest BCUT2D eigenvalue weighted by Gasteiger charge is 2.24. The summed E-state index contributed by atoms with van der Waals surface area (Å²) in [6.07, 6.45) is 1.60. The van der Waals surface area contributed by atoms with Gasteiger partial charge in [-0.05, 0) is 12.1 Å². The molecule has 1 saturated heterocycles. The number of halogens is 1. The maximum atomic E-state index is 12.1. The number of carbonyl (C=O) groups excluding carboxylic acids is 2. The summed E-state index contributed by atoms with van der Waals surface area (Å²) in [5.74, 6) is -0.177. The molecule has 0 saturated carbocycles. The molecule has 6 heteroatoms. The first-order valence-corrected chi connectivity index (χ1v) is 6.30. The fraction of sp³-hybridized carbons (Fsp3) is 0.417. The Morgan fingerprint density at radius 1 is 1.17 bits per heavy atom. The van der Waals surface area contributed by atoms with Crippen LogP contribution in [0, 0.1) is 0 Å². The molecule has 0 radical (unpaired) electrons. The van der Waals surface area contributed by atoms with Crippen molar-refractivity contribution in [1.82, 2.24) is 14.8 Å². The van der Waals surface area contributed by atoms with E-state index in [0.717, 1.165) is 0 Å². The first-order chi connectivity index (χ1) is 8.72. The highest BCUT2D eigenvalue weighted by Crippen LogP contribution is 2.07. The standard InChI is InChI=1S/C12H14ClN3O2/c13-9-11(17)15-5-7-16(8-6-15)12(18)10-3-1-2-4-14-10/h1-4H,5-9H2. The lowest BCUT2D eigenvalue weighted by Crippen LogP contribution is -2.51. The summed E-state index contributed by atoms with van der Waals surface area (Å²) in [5.41, 5.74) is 0.439. The van der Waals surface area contributed by atoms with Crippen molar-refractivity contribution >= 4 is 23.4 Å². The van der Waals surface area contributed by atoms with E-state index < -0.39 is 0 Å². The number of amides is 2. The lowest BCUT2D eigenvalue weighted by molar-refractivity contribution is -0.129. The van der Waals surface area contributed by atoms with Crippen LogP contribution in [0.4, 0.5) is 0 Å². The average Bonchev–Trinajstić information content (AvgIpc) is 2.47. The summed E-state index contributed by atoms with van der Waals surface area (Å²) >= 11 is 5.50.